The molecule has 0 saturated carbocycles. The van der Waals surface area contributed by atoms with Gasteiger partial charge in [-0.1, -0.05) is 47.5 Å². The molecule has 0 unspecified atom stereocenters. The van der Waals surface area contributed by atoms with E-state index in [-0.39, 0.29) is 15.7 Å². The van der Waals surface area contributed by atoms with E-state index in [1.54, 1.807) is 31.2 Å². The van der Waals surface area contributed by atoms with Crippen molar-refractivity contribution in [1.82, 2.24) is 4.98 Å². The highest BCUT2D eigenvalue weighted by Crippen LogP contribution is 2.30. The van der Waals surface area contributed by atoms with E-state index in [0.29, 0.717) is 16.6 Å². The van der Waals surface area contributed by atoms with Crippen molar-refractivity contribution in [3.63, 3.8) is 0 Å². The van der Waals surface area contributed by atoms with Crippen LogP contribution in [0.1, 0.15) is 16.1 Å². The van der Waals surface area contributed by atoms with E-state index in [9.17, 15) is 9.59 Å². The first-order valence-electron chi connectivity index (χ1n) is 6.86. The number of fused-ring (bicyclic) bond motifs is 1. The summed E-state index contributed by atoms with van der Waals surface area (Å²) in [6, 6.07) is 12.1. The highest BCUT2D eigenvalue weighted by molar-refractivity contribution is 6.50. The van der Waals surface area contributed by atoms with Gasteiger partial charge in [-0.3, -0.25) is 9.59 Å². The van der Waals surface area contributed by atoms with Gasteiger partial charge in [0.25, 0.3) is 11.7 Å². The average Bonchev–Trinajstić information content (AvgIpc) is 2.86. The van der Waals surface area contributed by atoms with E-state index in [4.69, 9.17) is 23.2 Å². The lowest BCUT2D eigenvalue weighted by Crippen LogP contribution is -2.23. The largest absolute Gasteiger partial charge is 0.358 e. The standard InChI is InChI=1S/C17H12Cl2N2O2/c1-9-14(10-5-2-3-8-13(10)20-9)16(22)17(23)21-15-11(18)6-4-7-12(15)19/h2-8,20H,1H3,(H,21,23). The Bertz CT molecular complexity index is 911. The lowest BCUT2D eigenvalue weighted by molar-refractivity contribution is -0.112. The summed E-state index contributed by atoms with van der Waals surface area (Å²) in [5, 5.41) is 3.74. The Hall–Kier alpha value is -2.30. The monoisotopic (exact) mass is 346 g/mol. The minimum atomic E-state index is -0.784. The molecular weight excluding hydrogens is 335 g/mol. The molecule has 2 aromatic carbocycles. The fourth-order valence-electron chi connectivity index (χ4n) is 2.47. The zero-order valence-electron chi connectivity index (χ0n) is 12.1. The highest BCUT2D eigenvalue weighted by atomic mass is 35.5. The number of para-hydroxylation sites is 2. The quantitative estimate of drug-likeness (QED) is 0.537. The van der Waals surface area contributed by atoms with Crippen molar-refractivity contribution in [3.05, 3.63) is 63.8 Å². The Morgan fingerprint density at radius 3 is 2.35 bits per heavy atom. The van der Waals surface area contributed by atoms with Crippen LogP contribution in [-0.4, -0.2) is 16.7 Å². The second kappa shape index (κ2) is 6.07. The molecular formula is C17H12Cl2N2O2. The molecule has 1 aromatic heterocycles. The number of benzene rings is 2. The lowest BCUT2D eigenvalue weighted by atomic mass is 10.1. The van der Waals surface area contributed by atoms with E-state index in [1.165, 1.54) is 0 Å². The summed E-state index contributed by atoms with van der Waals surface area (Å²) in [4.78, 5) is 28.0. The summed E-state index contributed by atoms with van der Waals surface area (Å²) in [7, 11) is 0. The van der Waals surface area contributed by atoms with Crippen LogP contribution < -0.4 is 5.32 Å². The first-order valence-corrected chi connectivity index (χ1v) is 7.61. The number of aromatic amines is 1. The maximum atomic E-state index is 12.5. The molecule has 116 valence electrons. The SMILES string of the molecule is Cc1[nH]c2ccccc2c1C(=O)C(=O)Nc1c(Cl)cccc1Cl. The molecule has 0 spiro atoms. The molecule has 0 bridgehead atoms. The van der Waals surface area contributed by atoms with Crippen molar-refractivity contribution < 1.29 is 9.59 Å². The molecule has 0 aliphatic carbocycles. The van der Waals surface area contributed by atoms with Gasteiger partial charge in [-0.2, -0.15) is 0 Å². The Morgan fingerprint density at radius 2 is 1.65 bits per heavy atom. The summed E-state index contributed by atoms with van der Waals surface area (Å²) in [6.45, 7) is 1.75. The minimum absolute atomic E-state index is 0.228. The predicted molar refractivity (Wildman–Crippen MR) is 92.5 cm³/mol. The summed E-state index contributed by atoms with van der Waals surface area (Å²) < 4.78 is 0. The molecule has 4 nitrogen and oxygen atoms in total. The second-order valence-corrected chi connectivity index (χ2v) is 5.86. The van der Waals surface area contributed by atoms with Gasteiger partial charge in [0.1, 0.15) is 0 Å². The summed E-state index contributed by atoms with van der Waals surface area (Å²) >= 11 is 12.0. The number of aromatic nitrogens is 1. The Kier molecular flexibility index (Phi) is 4.11. The maximum Gasteiger partial charge on any atom is 0.296 e. The average molecular weight is 347 g/mol. The molecule has 3 rings (SSSR count). The van der Waals surface area contributed by atoms with Crippen LogP contribution in [-0.2, 0) is 4.79 Å². The Labute approximate surface area is 142 Å². The summed E-state index contributed by atoms with van der Waals surface area (Å²) in [6.07, 6.45) is 0. The van der Waals surface area contributed by atoms with Crippen molar-refractivity contribution in [1.29, 1.82) is 0 Å². The van der Waals surface area contributed by atoms with E-state index in [2.05, 4.69) is 10.3 Å². The Balaban J connectivity index is 1.96. The van der Waals surface area contributed by atoms with Crippen LogP contribution >= 0.6 is 23.2 Å². The lowest BCUT2D eigenvalue weighted by Gasteiger charge is -2.08. The molecule has 0 saturated heterocycles. The number of Topliss-reactive ketones (excluding diaryl/α,β-unsaturated/α-hetero) is 1. The number of nitrogens with one attached hydrogen (secondary N) is 2. The molecule has 23 heavy (non-hydrogen) atoms. The van der Waals surface area contributed by atoms with Crippen LogP contribution in [0.3, 0.4) is 0 Å². The molecule has 3 aromatic rings. The number of H-pyrrole nitrogens is 1. The zero-order valence-corrected chi connectivity index (χ0v) is 13.6. The molecule has 6 heteroatoms. The van der Waals surface area contributed by atoms with E-state index >= 15 is 0 Å². The molecule has 2 N–H and O–H groups in total. The van der Waals surface area contributed by atoms with Crippen LogP contribution in [0, 0.1) is 6.92 Å². The molecule has 0 radical (unpaired) electrons. The normalized spacial score (nSPS) is 10.7. The van der Waals surface area contributed by atoms with Crippen LogP contribution in [0.15, 0.2) is 42.5 Å². The third kappa shape index (κ3) is 2.83. The van der Waals surface area contributed by atoms with Gasteiger partial charge in [-0.25, -0.2) is 0 Å². The number of hydrogen-bond acceptors (Lipinski definition) is 2. The van der Waals surface area contributed by atoms with Gasteiger partial charge < -0.3 is 10.3 Å². The van der Waals surface area contributed by atoms with Crippen LogP contribution in [0.4, 0.5) is 5.69 Å². The third-order valence-electron chi connectivity index (χ3n) is 3.53. The third-order valence-corrected chi connectivity index (χ3v) is 4.16. The van der Waals surface area contributed by atoms with Gasteiger partial charge in [-0.15, -0.1) is 0 Å². The van der Waals surface area contributed by atoms with Crippen molar-refractivity contribution >= 4 is 51.5 Å². The molecule has 0 aliphatic heterocycles. The Morgan fingerprint density at radius 1 is 1.00 bits per heavy atom. The highest BCUT2D eigenvalue weighted by Gasteiger charge is 2.23. The van der Waals surface area contributed by atoms with Gasteiger partial charge in [-0.05, 0) is 25.1 Å². The number of hydrogen-bond donors (Lipinski definition) is 2. The van der Waals surface area contributed by atoms with Gasteiger partial charge in [0.2, 0.25) is 0 Å². The maximum absolute atomic E-state index is 12.5. The van der Waals surface area contributed by atoms with E-state index in [1.807, 2.05) is 18.2 Å². The first-order chi connectivity index (χ1) is 11.0. The van der Waals surface area contributed by atoms with Crippen LogP contribution in [0.25, 0.3) is 10.9 Å². The van der Waals surface area contributed by atoms with Gasteiger partial charge in [0.15, 0.2) is 0 Å². The molecule has 1 heterocycles. The van der Waals surface area contributed by atoms with Gasteiger partial charge >= 0.3 is 0 Å². The van der Waals surface area contributed by atoms with Crippen LogP contribution in [0.2, 0.25) is 10.0 Å². The van der Waals surface area contributed by atoms with Crippen molar-refractivity contribution in [2.45, 2.75) is 6.92 Å². The number of rotatable bonds is 3. The number of carbonyl (C=O) groups is 2. The number of ketones is 1. The summed E-state index contributed by atoms with van der Waals surface area (Å²) in [5.41, 5.74) is 2.02. The zero-order chi connectivity index (χ0) is 16.6. The number of halogens is 2. The minimum Gasteiger partial charge on any atom is -0.358 e. The number of anilines is 1. The van der Waals surface area contributed by atoms with Crippen molar-refractivity contribution in [3.8, 4) is 0 Å². The molecule has 0 atom stereocenters. The first kappa shape index (κ1) is 15.6. The topological polar surface area (TPSA) is 62.0 Å². The smallest absolute Gasteiger partial charge is 0.296 e. The number of carbonyl (C=O) groups excluding carboxylic acids is 2. The van der Waals surface area contributed by atoms with Gasteiger partial charge in [0.05, 0.1) is 21.3 Å². The number of amides is 1. The number of aryl methyl sites for hydroxylation is 1. The molecule has 1 amide bonds. The summed E-state index contributed by atoms with van der Waals surface area (Å²) in [5.74, 6) is -1.43. The van der Waals surface area contributed by atoms with Crippen molar-refractivity contribution in [2.75, 3.05) is 5.32 Å². The molecule has 0 fully saturated rings. The fraction of sp³-hybridized carbons (Fsp3) is 0.0588. The second-order valence-electron chi connectivity index (χ2n) is 5.05. The molecule has 0 aliphatic rings. The van der Waals surface area contributed by atoms with E-state index in [0.717, 1.165) is 5.52 Å². The van der Waals surface area contributed by atoms with E-state index < -0.39 is 11.7 Å². The van der Waals surface area contributed by atoms with Crippen LogP contribution in [0.5, 0.6) is 0 Å². The van der Waals surface area contributed by atoms with Gasteiger partial charge in [0, 0.05) is 16.6 Å². The predicted octanol–water partition coefficient (Wildman–Crippen LogP) is 4.60. The fourth-order valence-corrected chi connectivity index (χ4v) is 2.96. The van der Waals surface area contributed by atoms with Crippen molar-refractivity contribution in [2.24, 2.45) is 0 Å².